The molecule has 1 aromatic carbocycles. The molecule has 2 fully saturated rings. The third-order valence-corrected chi connectivity index (χ3v) is 5.20. The van der Waals surface area contributed by atoms with E-state index in [1.807, 2.05) is 4.90 Å². The van der Waals surface area contributed by atoms with Crippen LogP contribution >= 0.6 is 23.2 Å². The van der Waals surface area contributed by atoms with Crippen molar-refractivity contribution in [2.24, 2.45) is 0 Å². The van der Waals surface area contributed by atoms with Gasteiger partial charge in [0.1, 0.15) is 5.75 Å². The number of phenolic OH excluding ortho intramolecular Hbond substituents is 1. The van der Waals surface area contributed by atoms with Gasteiger partial charge >= 0.3 is 0 Å². The van der Waals surface area contributed by atoms with Gasteiger partial charge in [-0.2, -0.15) is 0 Å². The van der Waals surface area contributed by atoms with E-state index in [1.165, 1.54) is 6.07 Å². The number of piperazine rings is 1. The molecule has 0 radical (unpaired) electrons. The van der Waals surface area contributed by atoms with E-state index in [4.69, 9.17) is 27.9 Å². The van der Waals surface area contributed by atoms with Crippen LogP contribution in [0.2, 0.25) is 10.0 Å². The molecule has 2 N–H and O–H groups in total. The molecule has 2 aliphatic heterocycles. The molecule has 0 spiro atoms. The third-order valence-electron chi connectivity index (χ3n) is 4.43. The lowest BCUT2D eigenvalue weighted by Gasteiger charge is -2.37. The molecule has 0 bridgehead atoms. The van der Waals surface area contributed by atoms with Crippen molar-refractivity contribution in [2.45, 2.75) is 12.6 Å². The monoisotopic (exact) mass is 373 g/mol. The Balaban J connectivity index is 1.65. The average Bonchev–Trinajstić information content (AvgIpc) is 2.62. The van der Waals surface area contributed by atoms with Gasteiger partial charge in [-0.05, 0) is 12.1 Å². The molecule has 2 heterocycles. The highest BCUT2D eigenvalue weighted by Crippen LogP contribution is 2.33. The number of halogens is 2. The fourth-order valence-electron chi connectivity index (χ4n) is 3.08. The molecule has 0 aromatic heterocycles. The summed E-state index contributed by atoms with van der Waals surface area (Å²) in [6.07, 6.45) is 0. The first-order valence-electron chi connectivity index (χ1n) is 8.04. The summed E-state index contributed by atoms with van der Waals surface area (Å²) in [5, 5.41) is 13.8. The number of rotatable bonds is 3. The van der Waals surface area contributed by atoms with Crippen molar-refractivity contribution in [1.29, 1.82) is 0 Å². The molecule has 0 aliphatic carbocycles. The number of nitrogens with zero attached hydrogens (tertiary/aromatic N) is 2. The molecule has 6 nitrogen and oxygen atoms in total. The average molecular weight is 374 g/mol. The molecule has 24 heavy (non-hydrogen) atoms. The van der Waals surface area contributed by atoms with Gasteiger partial charge in [0.05, 0.1) is 24.3 Å². The Labute approximate surface area is 151 Å². The smallest absolute Gasteiger partial charge is 0.241 e. The summed E-state index contributed by atoms with van der Waals surface area (Å²) in [6, 6.07) is 2.87. The summed E-state index contributed by atoms with van der Waals surface area (Å²) < 4.78 is 5.30. The molecule has 2 aliphatic rings. The number of nitrogens with one attached hydrogen (secondary N) is 1. The van der Waals surface area contributed by atoms with Crippen LogP contribution in [0, 0.1) is 0 Å². The second kappa shape index (κ2) is 7.89. The zero-order valence-corrected chi connectivity index (χ0v) is 14.8. The van der Waals surface area contributed by atoms with Crippen LogP contribution in [-0.2, 0) is 16.1 Å². The number of morpholine rings is 1. The van der Waals surface area contributed by atoms with Gasteiger partial charge in [-0.25, -0.2) is 0 Å². The van der Waals surface area contributed by atoms with E-state index in [0.29, 0.717) is 50.0 Å². The van der Waals surface area contributed by atoms with Crippen LogP contribution in [0.1, 0.15) is 5.56 Å². The van der Waals surface area contributed by atoms with Crippen LogP contribution in [0.15, 0.2) is 12.1 Å². The van der Waals surface area contributed by atoms with E-state index in [2.05, 4.69) is 10.2 Å². The van der Waals surface area contributed by atoms with Crippen LogP contribution in [0.5, 0.6) is 5.75 Å². The van der Waals surface area contributed by atoms with Crippen molar-refractivity contribution in [3.63, 3.8) is 0 Å². The van der Waals surface area contributed by atoms with Crippen LogP contribution < -0.4 is 5.32 Å². The third kappa shape index (κ3) is 3.95. The Bertz CT molecular complexity index is 608. The number of carbonyl (C=O) groups excluding carboxylic acids is 1. The molecule has 8 heteroatoms. The highest BCUT2D eigenvalue weighted by Gasteiger charge is 2.30. The summed E-state index contributed by atoms with van der Waals surface area (Å²) in [5.41, 5.74) is 0.692. The number of amides is 1. The number of phenols is 1. The number of hydrogen-bond donors (Lipinski definition) is 2. The first kappa shape index (κ1) is 17.8. The molecule has 3 rings (SSSR count). The Morgan fingerprint density at radius 3 is 2.79 bits per heavy atom. The zero-order chi connectivity index (χ0) is 17.1. The minimum atomic E-state index is -0.244. The second-order valence-corrected chi connectivity index (χ2v) is 6.82. The molecule has 1 amide bonds. The fraction of sp³-hybridized carbons (Fsp3) is 0.562. The van der Waals surface area contributed by atoms with E-state index in [-0.39, 0.29) is 22.7 Å². The highest BCUT2D eigenvalue weighted by molar-refractivity contribution is 6.36. The van der Waals surface area contributed by atoms with Crippen molar-refractivity contribution in [2.75, 3.05) is 45.9 Å². The van der Waals surface area contributed by atoms with Crippen molar-refractivity contribution in [3.05, 3.63) is 27.7 Å². The predicted octanol–water partition coefficient (Wildman–Crippen LogP) is 1.33. The van der Waals surface area contributed by atoms with Gasteiger partial charge in [0.15, 0.2) is 0 Å². The fourth-order valence-corrected chi connectivity index (χ4v) is 3.57. The number of ether oxygens (including phenoxy) is 1. The quantitative estimate of drug-likeness (QED) is 0.836. The van der Waals surface area contributed by atoms with Gasteiger partial charge < -0.3 is 20.1 Å². The molecule has 0 saturated carbocycles. The molecule has 1 atom stereocenters. The van der Waals surface area contributed by atoms with Crippen LogP contribution in [0.25, 0.3) is 0 Å². The van der Waals surface area contributed by atoms with Crippen molar-refractivity contribution in [1.82, 2.24) is 15.1 Å². The first-order chi connectivity index (χ1) is 11.6. The van der Waals surface area contributed by atoms with Crippen LogP contribution in [0.3, 0.4) is 0 Å². The molecule has 132 valence electrons. The second-order valence-electron chi connectivity index (χ2n) is 6.04. The molecular weight excluding hydrogens is 353 g/mol. The lowest BCUT2D eigenvalue weighted by molar-refractivity contribution is -0.138. The molecule has 2 saturated heterocycles. The SMILES string of the molecule is O=C([C@H]1CN(Cc2c(Cl)ccc(O)c2Cl)CCN1)N1CCOCC1. The molecular formula is C16H21Cl2N3O3. The van der Waals surface area contributed by atoms with Gasteiger partial charge in [-0.1, -0.05) is 23.2 Å². The number of carbonyl (C=O) groups is 1. The van der Waals surface area contributed by atoms with Crippen molar-refractivity contribution >= 4 is 29.1 Å². The first-order valence-corrected chi connectivity index (χ1v) is 8.80. The maximum Gasteiger partial charge on any atom is 0.241 e. The van der Waals surface area contributed by atoms with Gasteiger partial charge in [-0.3, -0.25) is 9.69 Å². The number of benzene rings is 1. The maximum atomic E-state index is 12.6. The van der Waals surface area contributed by atoms with Crippen molar-refractivity contribution < 1.29 is 14.6 Å². The van der Waals surface area contributed by atoms with Crippen molar-refractivity contribution in [3.8, 4) is 5.75 Å². The number of aromatic hydroxyl groups is 1. The van der Waals surface area contributed by atoms with Gasteiger partial charge in [0.25, 0.3) is 0 Å². The highest BCUT2D eigenvalue weighted by atomic mass is 35.5. The largest absolute Gasteiger partial charge is 0.506 e. The molecule has 0 unspecified atom stereocenters. The van der Waals surface area contributed by atoms with E-state index >= 15 is 0 Å². The van der Waals surface area contributed by atoms with E-state index in [9.17, 15) is 9.90 Å². The minimum absolute atomic E-state index is 0.0205. The number of hydrogen-bond acceptors (Lipinski definition) is 5. The maximum absolute atomic E-state index is 12.6. The topological polar surface area (TPSA) is 65.0 Å². The van der Waals surface area contributed by atoms with Gasteiger partial charge in [0.2, 0.25) is 5.91 Å². The van der Waals surface area contributed by atoms with Crippen LogP contribution in [0.4, 0.5) is 0 Å². The van der Waals surface area contributed by atoms with E-state index < -0.39 is 0 Å². The Hall–Kier alpha value is -1.05. The Morgan fingerprint density at radius 2 is 2.04 bits per heavy atom. The van der Waals surface area contributed by atoms with Gasteiger partial charge in [-0.15, -0.1) is 0 Å². The summed E-state index contributed by atoms with van der Waals surface area (Å²) in [5.74, 6) is 0.128. The molecule has 1 aromatic rings. The van der Waals surface area contributed by atoms with E-state index in [0.717, 1.165) is 13.1 Å². The summed E-state index contributed by atoms with van der Waals surface area (Å²) in [6.45, 7) is 5.05. The lowest BCUT2D eigenvalue weighted by atomic mass is 10.1. The normalized spacial score (nSPS) is 22.6. The standard InChI is InChI=1S/C16H21Cl2N3O3/c17-12-1-2-14(22)15(18)11(12)9-20-4-3-19-13(10-20)16(23)21-5-7-24-8-6-21/h1-2,13,19,22H,3-10H2/t13-/m1/s1. The van der Waals surface area contributed by atoms with E-state index in [1.54, 1.807) is 6.07 Å². The zero-order valence-electron chi connectivity index (χ0n) is 13.3. The predicted molar refractivity (Wildman–Crippen MR) is 92.6 cm³/mol. The summed E-state index contributed by atoms with van der Waals surface area (Å²) in [4.78, 5) is 16.6. The Kier molecular flexibility index (Phi) is 5.84. The van der Waals surface area contributed by atoms with Gasteiger partial charge in [0, 0.05) is 49.9 Å². The minimum Gasteiger partial charge on any atom is -0.506 e. The van der Waals surface area contributed by atoms with Crippen LogP contribution in [-0.4, -0.2) is 72.8 Å². The summed E-state index contributed by atoms with van der Waals surface area (Å²) >= 11 is 12.4. The lowest BCUT2D eigenvalue weighted by Crippen LogP contribution is -2.58. The Morgan fingerprint density at radius 1 is 1.29 bits per heavy atom. The summed E-state index contributed by atoms with van der Waals surface area (Å²) in [7, 11) is 0.